The highest BCUT2D eigenvalue weighted by atomic mass is 32.1. The van der Waals surface area contributed by atoms with Gasteiger partial charge >= 0.3 is 0 Å². The number of imide groups is 2. The second-order valence-corrected chi connectivity index (χ2v) is 11.2. The van der Waals surface area contributed by atoms with E-state index in [2.05, 4.69) is 20.6 Å². The summed E-state index contributed by atoms with van der Waals surface area (Å²) in [5, 5.41) is 15.5. The summed E-state index contributed by atoms with van der Waals surface area (Å²) in [6.07, 6.45) is 3.05. The van der Waals surface area contributed by atoms with Crippen LogP contribution in [-0.2, 0) is 14.4 Å². The van der Waals surface area contributed by atoms with Gasteiger partial charge in [-0.25, -0.2) is 9.98 Å². The number of amides is 5. The minimum absolute atomic E-state index is 0.00979. The molecule has 2 aliphatic heterocycles. The highest BCUT2D eigenvalue weighted by Crippen LogP contribution is 2.35. The predicted octanol–water partition coefficient (Wildman–Crippen LogP) is 3.46. The van der Waals surface area contributed by atoms with Crippen molar-refractivity contribution in [3.63, 3.8) is 0 Å². The van der Waals surface area contributed by atoms with Crippen molar-refractivity contribution >= 4 is 63.7 Å². The maximum atomic E-state index is 13.3. The lowest BCUT2D eigenvalue weighted by atomic mass is 9.83. The van der Waals surface area contributed by atoms with E-state index >= 15 is 0 Å². The molecule has 0 bridgehead atoms. The van der Waals surface area contributed by atoms with Crippen molar-refractivity contribution < 1.29 is 33.9 Å². The number of hydrogen-bond acceptors (Lipinski definition) is 10. The van der Waals surface area contributed by atoms with Crippen LogP contribution in [0.3, 0.4) is 0 Å². The summed E-state index contributed by atoms with van der Waals surface area (Å²) in [5.41, 5.74) is 1.11. The summed E-state index contributed by atoms with van der Waals surface area (Å²) in [7, 11) is 0. The number of Topliss-reactive ketones (excluding diaryl/α,β-unsaturated/α-hetero) is 1. The number of aliphatic hydroxyl groups excluding tert-OH is 1. The van der Waals surface area contributed by atoms with Crippen LogP contribution in [0.1, 0.15) is 67.6 Å². The Balaban J connectivity index is 1.16. The third-order valence-electron chi connectivity index (χ3n) is 7.49. The average molecular weight is 598 g/mol. The Hall–Kier alpha value is -5.30. The fourth-order valence-electron chi connectivity index (χ4n) is 5.37. The zero-order valence-corrected chi connectivity index (χ0v) is 23.2. The molecule has 3 N–H and O–H groups in total. The first kappa shape index (κ1) is 27.8. The SMILES string of the molecule is O=C1CCC(N2C(=O)c3cccc(NC(=O)c4cnc(/N=C/C5=C(O)CC(c6ccccc6)CC5=O)s4)c3C2=O)C(=O)N1. The van der Waals surface area contributed by atoms with Gasteiger partial charge in [0.2, 0.25) is 16.9 Å². The Morgan fingerprint density at radius 2 is 1.84 bits per heavy atom. The number of rotatable bonds is 6. The van der Waals surface area contributed by atoms with Crippen LogP contribution in [0.5, 0.6) is 0 Å². The lowest BCUT2D eigenvalue weighted by Crippen LogP contribution is -2.54. The standard InChI is InChI=1S/C30H23N5O7S/c36-21-11-16(15-5-2-1-3-6-15)12-22(37)18(21)13-31-30-32-14-23(43-30)27(40)33-19-8-4-7-17-25(19)29(42)35(28(17)41)20-9-10-24(38)34-26(20)39/h1-8,13-14,16,20,36H,9-12H2,(H,33,40)(H,34,38,39)/b31-13+. The summed E-state index contributed by atoms with van der Waals surface area (Å²) in [6.45, 7) is 0. The molecule has 1 fully saturated rings. The van der Waals surface area contributed by atoms with Crippen molar-refractivity contribution in [2.24, 2.45) is 4.99 Å². The number of hydrogen-bond donors (Lipinski definition) is 3. The van der Waals surface area contributed by atoms with Crippen LogP contribution in [-0.4, -0.2) is 62.6 Å². The number of aliphatic hydroxyl groups is 1. The van der Waals surface area contributed by atoms with Crippen LogP contribution < -0.4 is 10.6 Å². The topological polar surface area (TPSA) is 175 Å². The molecule has 1 aliphatic carbocycles. The minimum atomic E-state index is -1.13. The zero-order chi connectivity index (χ0) is 30.2. The molecule has 5 amide bonds. The van der Waals surface area contributed by atoms with Gasteiger partial charge in [0.25, 0.3) is 17.7 Å². The van der Waals surface area contributed by atoms with Gasteiger partial charge in [0.1, 0.15) is 16.7 Å². The first-order valence-corrected chi connectivity index (χ1v) is 14.2. The third kappa shape index (κ3) is 5.26. The fourth-order valence-corrected chi connectivity index (χ4v) is 6.03. The number of ketones is 1. The molecule has 13 heteroatoms. The molecule has 1 saturated heterocycles. The first-order chi connectivity index (χ1) is 20.7. The number of aliphatic imine (C=N–C) groups is 1. The first-order valence-electron chi connectivity index (χ1n) is 13.4. The van der Waals surface area contributed by atoms with E-state index in [1.54, 1.807) is 0 Å². The molecular weight excluding hydrogens is 574 g/mol. The summed E-state index contributed by atoms with van der Waals surface area (Å²) < 4.78 is 0. The molecule has 2 aromatic carbocycles. The van der Waals surface area contributed by atoms with Crippen molar-refractivity contribution in [1.82, 2.24) is 15.2 Å². The molecule has 0 spiro atoms. The van der Waals surface area contributed by atoms with Gasteiger partial charge in [-0.2, -0.15) is 0 Å². The second-order valence-electron chi connectivity index (χ2n) is 10.2. The van der Waals surface area contributed by atoms with E-state index in [0.29, 0.717) is 6.42 Å². The number of aromatic nitrogens is 1. The monoisotopic (exact) mass is 597 g/mol. The molecule has 2 unspecified atom stereocenters. The number of nitrogens with zero attached hydrogens (tertiary/aromatic N) is 3. The second kappa shape index (κ2) is 11.2. The largest absolute Gasteiger partial charge is 0.511 e. The van der Waals surface area contributed by atoms with Crippen LogP contribution in [0, 0.1) is 0 Å². The van der Waals surface area contributed by atoms with E-state index in [-0.39, 0.29) is 69.1 Å². The van der Waals surface area contributed by atoms with E-state index in [1.807, 2.05) is 30.3 Å². The number of allylic oxidation sites excluding steroid dienone is 2. The molecular formula is C30H23N5O7S. The van der Waals surface area contributed by atoms with E-state index < -0.39 is 35.6 Å². The molecule has 0 saturated carbocycles. The van der Waals surface area contributed by atoms with Crippen molar-refractivity contribution in [2.75, 3.05) is 5.32 Å². The Labute approximate surface area is 248 Å². The normalized spacial score (nSPS) is 20.6. The summed E-state index contributed by atoms with van der Waals surface area (Å²) >= 11 is 0.923. The van der Waals surface area contributed by atoms with Crippen LogP contribution in [0.2, 0.25) is 0 Å². The van der Waals surface area contributed by atoms with Crippen molar-refractivity contribution in [3.8, 4) is 0 Å². The summed E-state index contributed by atoms with van der Waals surface area (Å²) in [4.78, 5) is 85.3. The Morgan fingerprint density at radius 3 is 2.58 bits per heavy atom. The Kier molecular flexibility index (Phi) is 7.24. The van der Waals surface area contributed by atoms with Gasteiger partial charge in [-0.15, -0.1) is 0 Å². The summed E-state index contributed by atoms with van der Waals surface area (Å²) in [6, 6.07) is 12.7. The third-order valence-corrected chi connectivity index (χ3v) is 8.40. The Morgan fingerprint density at radius 1 is 1.05 bits per heavy atom. The van der Waals surface area contributed by atoms with Gasteiger partial charge in [-0.1, -0.05) is 47.7 Å². The minimum Gasteiger partial charge on any atom is -0.511 e. The van der Waals surface area contributed by atoms with E-state index in [1.165, 1.54) is 30.6 Å². The van der Waals surface area contributed by atoms with Crippen LogP contribution in [0.25, 0.3) is 0 Å². The molecule has 2 atom stereocenters. The maximum absolute atomic E-state index is 13.3. The molecule has 3 aliphatic rings. The van der Waals surface area contributed by atoms with Crippen molar-refractivity contribution in [1.29, 1.82) is 0 Å². The lowest BCUT2D eigenvalue weighted by Gasteiger charge is -2.27. The average Bonchev–Trinajstić information content (AvgIpc) is 3.56. The van der Waals surface area contributed by atoms with Gasteiger partial charge in [0, 0.05) is 25.5 Å². The molecule has 216 valence electrons. The van der Waals surface area contributed by atoms with Crippen molar-refractivity contribution in [3.05, 3.63) is 87.6 Å². The lowest BCUT2D eigenvalue weighted by molar-refractivity contribution is -0.136. The van der Waals surface area contributed by atoms with E-state index in [9.17, 15) is 33.9 Å². The van der Waals surface area contributed by atoms with Gasteiger partial charge in [0.15, 0.2) is 5.78 Å². The number of fused-ring (bicyclic) bond motifs is 1. The molecule has 1 aromatic heterocycles. The smallest absolute Gasteiger partial charge is 0.267 e. The van der Waals surface area contributed by atoms with E-state index in [0.717, 1.165) is 21.8 Å². The molecule has 12 nitrogen and oxygen atoms in total. The molecule has 3 heterocycles. The molecule has 0 radical (unpaired) electrons. The van der Waals surface area contributed by atoms with Crippen LogP contribution in [0.4, 0.5) is 10.8 Å². The Bertz CT molecular complexity index is 1780. The maximum Gasteiger partial charge on any atom is 0.267 e. The van der Waals surface area contributed by atoms with Gasteiger partial charge < -0.3 is 10.4 Å². The van der Waals surface area contributed by atoms with Crippen LogP contribution >= 0.6 is 11.3 Å². The number of carbonyl (C=O) groups is 6. The quantitative estimate of drug-likeness (QED) is 0.286. The van der Waals surface area contributed by atoms with Crippen LogP contribution in [0.15, 0.2) is 71.1 Å². The highest BCUT2D eigenvalue weighted by molar-refractivity contribution is 7.17. The zero-order valence-electron chi connectivity index (χ0n) is 22.4. The number of piperidine rings is 1. The van der Waals surface area contributed by atoms with Crippen molar-refractivity contribution in [2.45, 2.75) is 37.6 Å². The predicted molar refractivity (Wildman–Crippen MR) is 154 cm³/mol. The number of nitrogens with one attached hydrogen (secondary N) is 2. The van der Waals surface area contributed by atoms with Gasteiger partial charge in [0.05, 0.1) is 28.6 Å². The number of carbonyl (C=O) groups excluding carboxylic acids is 6. The molecule has 6 rings (SSSR count). The number of thiazole rings is 1. The molecule has 43 heavy (non-hydrogen) atoms. The number of benzene rings is 2. The number of anilines is 1. The summed E-state index contributed by atoms with van der Waals surface area (Å²) in [5.74, 6) is -3.71. The van der Waals surface area contributed by atoms with Gasteiger partial charge in [-0.3, -0.25) is 39.0 Å². The van der Waals surface area contributed by atoms with Gasteiger partial charge in [-0.05, 0) is 30.0 Å². The van der Waals surface area contributed by atoms with E-state index in [4.69, 9.17) is 0 Å². The highest BCUT2D eigenvalue weighted by Gasteiger charge is 2.45. The molecule has 3 aromatic rings. The fraction of sp³-hybridized carbons (Fsp3) is 0.200.